The van der Waals surface area contributed by atoms with Gasteiger partial charge in [-0.2, -0.15) is 0 Å². The molecule has 0 spiro atoms. The summed E-state index contributed by atoms with van der Waals surface area (Å²) in [6.45, 7) is 14.9. The Bertz CT molecular complexity index is 2300. The second-order valence-corrected chi connectivity index (χ2v) is 16.5. The van der Waals surface area contributed by atoms with Gasteiger partial charge in [-0.05, 0) is 95.6 Å². The van der Waals surface area contributed by atoms with Crippen molar-refractivity contribution in [2.24, 2.45) is 0 Å². The van der Waals surface area contributed by atoms with Gasteiger partial charge in [-0.3, -0.25) is 14.4 Å². The Morgan fingerprint density at radius 3 is 2.11 bits per heavy atom. The molecule has 4 aromatic carbocycles. The van der Waals surface area contributed by atoms with E-state index in [2.05, 4.69) is 11.9 Å². The Kier molecular flexibility index (Phi) is 9.18. The molecule has 0 saturated heterocycles. The molecule has 54 heavy (non-hydrogen) atoms. The average molecular weight is 749 g/mol. The van der Waals surface area contributed by atoms with E-state index in [0.29, 0.717) is 33.5 Å². The van der Waals surface area contributed by atoms with E-state index in [1.54, 1.807) is 110 Å². The van der Waals surface area contributed by atoms with Gasteiger partial charge >= 0.3 is 19.5 Å². The van der Waals surface area contributed by atoms with Crippen molar-refractivity contribution in [3.8, 4) is 17.2 Å². The summed E-state index contributed by atoms with van der Waals surface area (Å²) in [5, 5.41) is 4.07. The Labute approximate surface area is 313 Å². The molecule has 5 aromatic rings. The second kappa shape index (κ2) is 13.6. The molecule has 3 atom stereocenters. The molecule has 1 N–H and O–H groups in total. The monoisotopic (exact) mass is 748 g/mol. The number of hydrogen-bond acceptors (Lipinski definition) is 10. The molecule has 0 aliphatic carbocycles. The quantitative estimate of drug-likeness (QED) is 0.0883. The minimum absolute atomic E-state index is 0.0492. The molecule has 0 fully saturated rings. The fourth-order valence-corrected chi connectivity index (χ4v) is 9.42. The first-order valence-electron chi connectivity index (χ1n) is 17.6. The summed E-state index contributed by atoms with van der Waals surface area (Å²) >= 11 is 0. The summed E-state index contributed by atoms with van der Waals surface area (Å²) in [5.74, 6) is -3.20. The van der Waals surface area contributed by atoms with Crippen LogP contribution in [0.1, 0.15) is 74.7 Å². The third-order valence-electron chi connectivity index (χ3n) is 9.50. The average Bonchev–Trinajstić information content (AvgIpc) is 3.56. The minimum atomic E-state index is -4.75. The number of nitrogens with one attached hydrogen (secondary N) is 1. The molecule has 1 amide bonds. The summed E-state index contributed by atoms with van der Waals surface area (Å²) < 4.78 is 46.1. The third-order valence-corrected chi connectivity index (χ3v) is 11.6. The first kappa shape index (κ1) is 36.6. The molecular weight excluding hydrogens is 707 g/mol. The van der Waals surface area contributed by atoms with Crippen molar-refractivity contribution in [2.75, 3.05) is 11.9 Å². The van der Waals surface area contributed by atoms with Crippen LogP contribution < -0.4 is 19.1 Å². The molecule has 12 heteroatoms. The van der Waals surface area contributed by atoms with Crippen molar-refractivity contribution in [3.05, 3.63) is 126 Å². The maximum atomic E-state index is 15.4. The SMILES string of the molecule is C=C(C)c1cc2cc(C3(C)Nc4ccccc4C(=O)N3C(C)(C)C)c3c(c2o1)[C@H](C(=O)OCC)[C@@H](P(=O)(Oc1ccccc1)Oc1ccccc1)C(=O)O3. The molecule has 0 saturated carbocycles. The number of anilines is 1. The van der Waals surface area contributed by atoms with Gasteiger partial charge in [0.25, 0.3) is 5.91 Å². The van der Waals surface area contributed by atoms with E-state index in [9.17, 15) is 14.4 Å². The van der Waals surface area contributed by atoms with E-state index in [1.165, 1.54) is 0 Å². The number of esters is 2. The van der Waals surface area contributed by atoms with Crippen LogP contribution in [0.15, 0.2) is 108 Å². The molecular formula is C42H41N2O9P. The summed E-state index contributed by atoms with van der Waals surface area (Å²) in [5.41, 5.74) is -1.78. The maximum absolute atomic E-state index is 15.4. The standard InChI is InChI=1S/C42H41N2O9P/c1-8-49-39(46)34-33-35-26(24-32(50-35)25(2)3)23-30(42(7)43-31-22-16-15-21-29(31)38(45)44(42)41(4,5)6)36(33)51-40(47)37(34)54(48,52-27-17-11-9-12-18-27)53-28-19-13-10-14-20-28/h9-24,34,37,43H,2,8H2,1,3-7H3/t34-,37+,42?/m0/s1. The molecule has 0 bridgehead atoms. The van der Waals surface area contributed by atoms with Crippen LogP contribution in [0.5, 0.6) is 17.2 Å². The Morgan fingerprint density at radius 1 is 0.944 bits per heavy atom. The number of allylic oxidation sites excluding steroid dienone is 1. The van der Waals surface area contributed by atoms with Crippen molar-refractivity contribution in [3.63, 3.8) is 0 Å². The van der Waals surface area contributed by atoms with E-state index in [-0.39, 0.29) is 40.9 Å². The third kappa shape index (κ3) is 6.22. The van der Waals surface area contributed by atoms with E-state index >= 15 is 4.57 Å². The van der Waals surface area contributed by atoms with Crippen molar-refractivity contribution in [1.29, 1.82) is 0 Å². The Hall–Kier alpha value is -5.80. The van der Waals surface area contributed by atoms with Crippen molar-refractivity contribution in [2.45, 2.75) is 64.3 Å². The fourth-order valence-electron chi connectivity index (χ4n) is 7.37. The van der Waals surface area contributed by atoms with Crippen LogP contribution >= 0.6 is 7.60 Å². The van der Waals surface area contributed by atoms with Crippen LogP contribution in [-0.2, 0) is 24.6 Å². The lowest BCUT2D eigenvalue weighted by Crippen LogP contribution is -2.62. The van der Waals surface area contributed by atoms with Gasteiger partial charge in [0.15, 0.2) is 5.66 Å². The van der Waals surface area contributed by atoms with Crippen LogP contribution in [0.2, 0.25) is 0 Å². The summed E-state index contributed by atoms with van der Waals surface area (Å²) in [7, 11) is -4.75. The van der Waals surface area contributed by atoms with Gasteiger partial charge in [0.05, 0.1) is 17.7 Å². The first-order chi connectivity index (χ1) is 25.7. The highest BCUT2D eigenvalue weighted by Gasteiger charge is 2.60. The van der Waals surface area contributed by atoms with Crippen LogP contribution in [-0.4, -0.2) is 40.6 Å². The smallest absolute Gasteiger partial charge is 0.446 e. The molecule has 7 rings (SSSR count). The number of furan rings is 1. The molecule has 1 unspecified atom stereocenters. The second-order valence-electron chi connectivity index (χ2n) is 14.5. The zero-order chi connectivity index (χ0) is 38.6. The van der Waals surface area contributed by atoms with Gasteiger partial charge in [0.2, 0.25) is 0 Å². The van der Waals surface area contributed by atoms with Crippen LogP contribution in [0.3, 0.4) is 0 Å². The minimum Gasteiger partial charge on any atom is -0.465 e. The van der Waals surface area contributed by atoms with E-state index in [1.807, 2.05) is 33.8 Å². The van der Waals surface area contributed by atoms with Crippen molar-refractivity contribution >= 4 is 47.7 Å². The zero-order valence-electron chi connectivity index (χ0n) is 30.9. The summed E-state index contributed by atoms with van der Waals surface area (Å²) in [6.07, 6.45) is 0. The maximum Gasteiger partial charge on any atom is 0.446 e. The summed E-state index contributed by atoms with van der Waals surface area (Å²) in [4.78, 5) is 45.3. The highest BCUT2D eigenvalue weighted by molar-refractivity contribution is 7.56. The molecule has 2 aliphatic rings. The van der Waals surface area contributed by atoms with Crippen LogP contribution in [0.25, 0.3) is 16.5 Å². The molecule has 278 valence electrons. The predicted octanol–water partition coefficient (Wildman–Crippen LogP) is 9.29. The predicted molar refractivity (Wildman–Crippen MR) is 205 cm³/mol. The fraction of sp³-hybridized carbons (Fsp3) is 0.262. The molecule has 2 aliphatic heterocycles. The Morgan fingerprint density at radius 2 is 1.54 bits per heavy atom. The number of para-hydroxylation sites is 3. The van der Waals surface area contributed by atoms with Crippen LogP contribution in [0, 0.1) is 0 Å². The number of benzene rings is 4. The molecule has 0 radical (unpaired) electrons. The lowest BCUT2D eigenvalue weighted by atomic mass is 9.82. The largest absolute Gasteiger partial charge is 0.465 e. The number of carbonyl (C=O) groups is 3. The number of ether oxygens (including phenoxy) is 2. The van der Waals surface area contributed by atoms with Crippen molar-refractivity contribution in [1.82, 2.24) is 4.90 Å². The number of amides is 1. The molecule has 1 aromatic heterocycles. The first-order valence-corrected chi connectivity index (χ1v) is 19.2. The highest BCUT2D eigenvalue weighted by atomic mass is 31.2. The zero-order valence-corrected chi connectivity index (χ0v) is 31.8. The summed E-state index contributed by atoms with van der Waals surface area (Å²) in [6, 6.07) is 27.2. The van der Waals surface area contributed by atoms with E-state index < -0.39 is 42.3 Å². The van der Waals surface area contributed by atoms with Crippen LogP contribution in [0.4, 0.5) is 5.69 Å². The Balaban J connectivity index is 1.53. The van der Waals surface area contributed by atoms with Gasteiger partial charge < -0.3 is 33.2 Å². The van der Waals surface area contributed by atoms with Gasteiger partial charge in [-0.15, -0.1) is 0 Å². The number of fused-ring (bicyclic) bond motifs is 4. The van der Waals surface area contributed by atoms with Gasteiger partial charge in [-0.1, -0.05) is 55.1 Å². The molecule has 11 nitrogen and oxygen atoms in total. The van der Waals surface area contributed by atoms with Gasteiger partial charge in [-0.25, -0.2) is 4.57 Å². The highest BCUT2D eigenvalue weighted by Crippen LogP contribution is 2.62. The van der Waals surface area contributed by atoms with Gasteiger partial charge in [0.1, 0.15) is 40.2 Å². The van der Waals surface area contributed by atoms with Gasteiger partial charge in [0, 0.05) is 22.2 Å². The topological polar surface area (TPSA) is 134 Å². The number of hydrogen-bond donors (Lipinski definition) is 1. The normalized spacial score (nSPS) is 19.6. The van der Waals surface area contributed by atoms with E-state index in [0.717, 1.165) is 0 Å². The lowest BCUT2D eigenvalue weighted by molar-refractivity contribution is -0.149. The number of rotatable bonds is 9. The number of nitrogens with zero attached hydrogens (tertiary/aromatic N) is 1. The molecule has 3 heterocycles. The number of carbonyl (C=O) groups excluding carboxylic acids is 3. The van der Waals surface area contributed by atoms with Crippen molar-refractivity contribution < 1.29 is 41.9 Å². The lowest BCUT2D eigenvalue weighted by Gasteiger charge is -2.53. The van der Waals surface area contributed by atoms with E-state index in [4.69, 9.17) is 22.9 Å².